The van der Waals surface area contributed by atoms with Crippen LogP contribution in [0.4, 0.5) is 0 Å². The Morgan fingerprint density at radius 2 is 2.11 bits per heavy atom. The number of aromatic amines is 1. The standard InChI is InChI=1S/C13H17N3O2/c1-9-5-3-6-10-11(9)12(17)16(13(18)15-10)8-4-7-14-2/h3,5-6,14H,4,7-8H2,1-2H3,(H,15,18). The molecule has 18 heavy (non-hydrogen) atoms. The van der Waals surface area contributed by atoms with Crippen molar-refractivity contribution in [3.8, 4) is 0 Å². The van der Waals surface area contributed by atoms with E-state index in [4.69, 9.17) is 0 Å². The Morgan fingerprint density at radius 1 is 1.33 bits per heavy atom. The summed E-state index contributed by atoms with van der Waals surface area (Å²) < 4.78 is 1.27. The van der Waals surface area contributed by atoms with Crippen LogP contribution >= 0.6 is 0 Å². The van der Waals surface area contributed by atoms with E-state index in [1.807, 2.05) is 26.1 Å². The number of hydrogen-bond donors (Lipinski definition) is 2. The van der Waals surface area contributed by atoms with E-state index in [0.29, 0.717) is 17.4 Å². The molecule has 2 aromatic rings. The molecule has 0 unspecified atom stereocenters. The average Bonchev–Trinajstić information content (AvgIpc) is 2.33. The van der Waals surface area contributed by atoms with Crippen LogP contribution in [0, 0.1) is 6.92 Å². The summed E-state index contributed by atoms with van der Waals surface area (Å²) in [5, 5.41) is 3.60. The van der Waals surface area contributed by atoms with Gasteiger partial charge in [0, 0.05) is 6.54 Å². The molecule has 0 aliphatic rings. The zero-order valence-electron chi connectivity index (χ0n) is 10.6. The van der Waals surface area contributed by atoms with Crippen molar-refractivity contribution in [1.29, 1.82) is 0 Å². The van der Waals surface area contributed by atoms with Crippen molar-refractivity contribution in [2.45, 2.75) is 19.9 Å². The first-order valence-electron chi connectivity index (χ1n) is 6.02. The Hall–Kier alpha value is -1.88. The number of H-pyrrole nitrogens is 1. The topological polar surface area (TPSA) is 66.9 Å². The number of nitrogens with one attached hydrogen (secondary N) is 2. The summed E-state index contributed by atoms with van der Waals surface area (Å²) in [4.78, 5) is 26.9. The third kappa shape index (κ3) is 2.22. The van der Waals surface area contributed by atoms with Crippen molar-refractivity contribution in [2.24, 2.45) is 0 Å². The molecule has 0 spiro atoms. The molecule has 1 aromatic carbocycles. The fraction of sp³-hybridized carbons (Fsp3) is 0.385. The monoisotopic (exact) mass is 247 g/mol. The van der Waals surface area contributed by atoms with Gasteiger partial charge in [0.2, 0.25) is 0 Å². The molecule has 2 N–H and O–H groups in total. The highest BCUT2D eigenvalue weighted by Gasteiger charge is 2.08. The van der Waals surface area contributed by atoms with Crippen molar-refractivity contribution in [1.82, 2.24) is 14.9 Å². The second kappa shape index (κ2) is 5.18. The molecule has 0 fully saturated rings. The molecule has 0 amide bonds. The maximum Gasteiger partial charge on any atom is 0.328 e. The van der Waals surface area contributed by atoms with Gasteiger partial charge in [0.25, 0.3) is 5.56 Å². The Morgan fingerprint density at radius 3 is 2.83 bits per heavy atom. The van der Waals surface area contributed by atoms with Gasteiger partial charge < -0.3 is 10.3 Å². The SMILES string of the molecule is CNCCCn1c(=O)[nH]c2cccc(C)c2c1=O. The third-order valence-corrected chi connectivity index (χ3v) is 3.03. The van der Waals surface area contributed by atoms with Gasteiger partial charge in [-0.05, 0) is 38.6 Å². The zero-order chi connectivity index (χ0) is 13.1. The molecule has 96 valence electrons. The lowest BCUT2D eigenvalue weighted by Crippen LogP contribution is -2.36. The maximum absolute atomic E-state index is 12.3. The Labute approximate surface area is 104 Å². The van der Waals surface area contributed by atoms with Crippen LogP contribution in [0.15, 0.2) is 27.8 Å². The first-order chi connectivity index (χ1) is 8.65. The number of aromatic nitrogens is 2. The van der Waals surface area contributed by atoms with Gasteiger partial charge in [-0.25, -0.2) is 4.79 Å². The molecular formula is C13H17N3O2. The van der Waals surface area contributed by atoms with E-state index in [9.17, 15) is 9.59 Å². The van der Waals surface area contributed by atoms with Gasteiger partial charge in [0.05, 0.1) is 10.9 Å². The van der Waals surface area contributed by atoms with Crippen molar-refractivity contribution in [3.63, 3.8) is 0 Å². The normalized spacial score (nSPS) is 11.0. The Balaban J connectivity index is 2.58. The minimum atomic E-state index is -0.339. The second-order valence-corrected chi connectivity index (χ2v) is 4.34. The van der Waals surface area contributed by atoms with Gasteiger partial charge in [0.1, 0.15) is 0 Å². The number of rotatable bonds is 4. The number of nitrogens with zero attached hydrogens (tertiary/aromatic N) is 1. The van der Waals surface area contributed by atoms with Gasteiger partial charge in [-0.3, -0.25) is 9.36 Å². The third-order valence-electron chi connectivity index (χ3n) is 3.03. The van der Waals surface area contributed by atoms with Crippen LogP contribution in [0.2, 0.25) is 0 Å². The smallest absolute Gasteiger partial charge is 0.320 e. The molecule has 0 bridgehead atoms. The molecule has 1 aromatic heterocycles. The van der Waals surface area contributed by atoms with Crippen molar-refractivity contribution < 1.29 is 0 Å². The summed E-state index contributed by atoms with van der Waals surface area (Å²) >= 11 is 0. The van der Waals surface area contributed by atoms with Gasteiger partial charge >= 0.3 is 5.69 Å². The minimum Gasteiger partial charge on any atom is -0.320 e. The summed E-state index contributed by atoms with van der Waals surface area (Å²) in [6.45, 7) is 3.08. The number of hydrogen-bond acceptors (Lipinski definition) is 3. The predicted molar refractivity (Wildman–Crippen MR) is 72.1 cm³/mol. The Bertz CT molecular complexity index is 670. The summed E-state index contributed by atoms with van der Waals surface area (Å²) in [5.41, 5.74) is 0.947. The van der Waals surface area contributed by atoms with Crippen LogP contribution in [0.3, 0.4) is 0 Å². The van der Waals surface area contributed by atoms with Crippen LogP contribution in [-0.2, 0) is 6.54 Å². The highest BCUT2D eigenvalue weighted by molar-refractivity contribution is 5.80. The predicted octanol–water partition coefficient (Wildman–Crippen LogP) is 0.608. The fourth-order valence-electron chi connectivity index (χ4n) is 2.08. The lowest BCUT2D eigenvalue weighted by Gasteiger charge is -2.07. The van der Waals surface area contributed by atoms with E-state index in [2.05, 4.69) is 10.3 Å². The highest BCUT2D eigenvalue weighted by Crippen LogP contribution is 2.09. The van der Waals surface area contributed by atoms with E-state index in [-0.39, 0.29) is 11.2 Å². The van der Waals surface area contributed by atoms with Crippen LogP contribution in [0.1, 0.15) is 12.0 Å². The van der Waals surface area contributed by atoms with Crippen molar-refractivity contribution in [3.05, 3.63) is 44.6 Å². The summed E-state index contributed by atoms with van der Waals surface area (Å²) in [5.74, 6) is 0. The molecular weight excluding hydrogens is 230 g/mol. The van der Waals surface area contributed by atoms with Crippen molar-refractivity contribution in [2.75, 3.05) is 13.6 Å². The average molecular weight is 247 g/mol. The molecule has 0 aliphatic heterocycles. The molecule has 5 heteroatoms. The van der Waals surface area contributed by atoms with Gasteiger partial charge in [0.15, 0.2) is 0 Å². The first-order valence-corrected chi connectivity index (χ1v) is 6.02. The van der Waals surface area contributed by atoms with Crippen LogP contribution < -0.4 is 16.6 Å². The molecule has 0 aliphatic carbocycles. The summed E-state index contributed by atoms with van der Waals surface area (Å²) in [7, 11) is 1.84. The summed E-state index contributed by atoms with van der Waals surface area (Å²) in [6.07, 6.45) is 0.747. The minimum absolute atomic E-state index is 0.206. The number of fused-ring (bicyclic) bond motifs is 1. The van der Waals surface area contributed by atoms with Crippen LogP contribution in [0.5, 0.6) is 0 Å². The van der Waals surface area contributed by atoms with Gasteiger partial charge in [-0.1, -0.05) is 12.1 Å². The largest absolute Gasteiger partial charge is 0.328 e. The molecule has 5 nitrogen and oxygen atoms in total. The number of aryl methyl sites for hydroxylation is 1. The quantitative estimate of drug-likeness (QED) is 0.778. The van der Waals surface area contributed by atoms with Gasteiger partial charge in [-0.2, -0.15) is 0 Å². The van der Waals surface area contributed by atoms with E-state index in [1.54, 1.807) is 6.07 Å². The summed E-state index contributed by atoms with van der Waals surface area (Å²) in [6, 6.07) is 5.46. The molecule has 0 radical (unpaired) electrons. The zero-order valence-corrected chi connectivity index (χ0v) is 10.6. The Kier molecular flexibility index (Phi) is 3.62. The lowest BCUT2D eigenvalue weighted by molar-refractivity contribution is 0.577. The molecule has 0 atom stereocenters. The van der Waals surface area contributed by atoms with Gasteiger partial charge in [-0.15, -0.1) is 0 Å². The van der Waals surface area contributed by atoms with E-state index >= 15 is 0 Å². The molecule has 0 saturated carbocycles. The van der Waals surface area contributed by atoms with Crippen LogP contribution in [-0.4, -0.2) is 23.1 Å². The van der Waals surface area contributed by atoms with Crippen LogP contribution in [0.25, 0.3) is 10.9 Å². The molecule has 1 heterocycles. The first kappa shape index (κ1) is 12.6. The maximum atomic E-state index is 12.3. The molecule has 0 saturated heterocycles. The van der Waals surface area contributed by atoms with Crippen molar-refractivity contribution >= 4 is 10.9 Å². The lowest BCUT2D eigenvalue weighted by atomic mass is 10.1. The second-order valence-electron chi connectivity index (χ2n) is 4.34. The van der Waals surface area contributed by atoms with E-state index in [1.165, 1.54) is 4.57 Å². The molecule has 2 rings (SSSR count). The fourth-order valence-corrected chi connectivity index (χ4v) is 2.08. The van der Waals surface area contributed by atoms with E-state index < -0.39 is 0 Å². The highest BCUT2D eigenvalue weighted by atomic mass is 16.2. The van der Waals surface area contributed by atoms with E-state index in [0.717, 1.165) is 18.5 Å². The number of benzene rings is 1.